The van der Waals surface area contributed by atoms with Crippen LogP contribution in [0.25, 0.3) is 11.0 Å². The molecule has 0 saturated heterocycles. The third-order valence-corrected chi connectivity index (χ3v) is 3.34. The third-order valence-electron chi connectivity index (χ3n) is 3.02. The number of aromatic nitrogens is 3. The average Bonchev–Trinajstić information content (AvgIpc) is 2.84. The van der Waals surface area contributed by atoms with E-state index in [9.17, 15) is 4.79 Å². The molecule has 0 aliphatic rings. The summed E-state index contributed by atoms with van der Waals surface area (Å²) >= 11 is 6.02. The highest BCUT2D eigenvalue weighted by atomic mass is 35.5. The molecule has 1 aromatic carbocycles. The summed E-state index contributed by atoms with van der Waals surface area (Å²) in [5, 5.41) is 11.1. The molecule has 0 fully saturated rings. The maximum Gasteiger partial charge on any atom is 0.409 e. The summed E-state index contributed by atoms with van der Waals surface area (Å²) in [6.07, 6.45) is 2.09. The second-order valence-corrected chi connectivity index (χ2v) is 4.92. The number of nitrogens with zero attached hydrogens (tertiary/aromatic N) is 3. The van der Waals surface area contributed by atoms with Gasteiger partial charge in [-0.15, -0.1) is 0 Å². The molecule has 0 aliphatic carbocycles. The Morgan fingerprint density at radius 3 is 2.91 bits per heavy atom. The molecule has 0 unspecified atom stereocenters. The van der Waals surface area contributed by atoms with Crippen LogP contribution >= 0.6 is 11.6 Å². The molecule has 3 rings (SSSR count). The van der Waals surface area contributed by atoms with Crippen LogP contribution < -0.4 is 10.1 Å². The first-order valence-electron chi connectivity index (χ1n) is 6.28. The van der Waals surface area contributed by atoms with Gasteiger partial charge in [0.2, 0.25) is 5.88 Å². The van der Waals surface area contributed by atoms with Crippen molar-refractivity contribution in [3.63, 3.8) is 0 Å². The lowest BCUT2D eigenvalue weighted by Gasteiger charge is -2.09. The van der Waals surface area contributed by atoms with Gasteiger partial charge < -0.3 is 14.4 Å². The van der Waals surface area contributed by atoms with Crippen LogP contribution in [0.3, 0.4) is 0 Å². The van der Waals surface area contributed by atoms with Gasteiger partial charge in [0, 0.05) is 19.3 Å². The molecule has 22 heavy (non-hydrogen) atoms. The number of fused-ring (bicyclic) bond motifs is 1. The smallest absolute Gasteiger partial charge is 0.409 e. The quantitative estimate of drug-likeness (QED) is 0.771. The highest BCUT2D eigenvalue weighted by molar-refractivity contribution is 6.33. The Kier molecular flexibility index (Phi) is 3.56. The van der Waals surface area contributed by atoms with Crippen LogP contribution in [0.4, 0.5) is 10.5 Å². The van der Waals surface area contributed by atoms with E-state index in [4.69, 9.17) is 21.4 Å². The van der Waals surface area contributed by atoms with Crippen molar-refractivity contribution in [3.8, 4) is 11.6 Å². The minimum Gasteiger partial charge on any atom is -0.465 e. The number of halogens is 1. The Morgan fingerprint density at radius 1 is 1.36 bits per heavy atom. The number of anilines is 1. The first-order chi connectivity index (χ1) is 10.5. The van der Waals surface area contributed by atoms with E-state index in [1.54, 1.807) is 6.07 Å². The van der Waals surface area contributed by atoms with Gasteiger partial charge >= 0.3 is 6.09 Å². The van der Waals surface area contributed by atoms with Crippen LogP contribution in [0.1, 0.15) is 0 Å². The largest absolute Gasteiger partial charge is 0.465 e. The Hall–Kier alpha value is -2.80. The van der Waals surface area contributed by atoms with Crippen molar-refractivity contribution in [1.29, 1.82) is 0 Å². The van der Waals surface area contributed by atoms with E-state index < -0.39 is 6.09 Å². The summed E-state index contributed by atoms with van der Waals surface area (Å²) < 4.78 is 7.59. The van der Waals surface area contributed by atoms with Crippen LogP contribution in [-0.2, 0) is 7.05 Å². The minimum atomic E-state index is -1.18. The van der Waals surface area contributed by atoms with Crippen molar-refractivity contribution < 1.29 is 14.6 Å². The highest BCUT2D eigenvalue weighted by Crippen LogP contribution is 2.31. The predicted molar refractivity (Wildman–Crippen MR) is 81.7 cm³/mol. The second kappa shape index (κ2) is 5.53. The van der Waals surface area contributed by atoms with E-state index in [-0.39, 0.29) is 10.7 Å². The van der Waals surface area contributed by atoms with Crippen molar-refractivity contribution in [1.82, 2.24) is 14.5 Å². The third kappa shape index (κ3) is 2.66. The fourth-order valence-corrected chi connectivity index (χ4v) is 2.27. The van der Waals surface area contributed by atoms with Gasteiger partial charge in [-0.1, -0.05) is 11.6 Å². The molecule has 1 amide bonds. The number of carbonyl (C=O) groups is 1. The van der Waals surface area contributed by atoms with Crippen LogP contribution in [0, 0.1) is 0 Å². The van der Waals surface area contributed by atoms with E-state index in [1.807, 2.05) is 23.9 Å². The number of carboxylic acid groups (broad SMARTS) is 1. The van der Waals surface area contributed by atoms with Gasteiger partial charge in [0.25, 0.3) is 0 Å². The number of amides is 1. The number of rotatable bonds is 3. The molecule has 7 nitrogen and oxygen atoms in total. The summed E-state index contributed by atoms with van der Waals surface area (Å²) in [5.41, 5.74) is 1.81. The van der Waals surface area contributed by atoms with Crippen molar-refractivity contribution >= 4 is 34.4 Å². The molecule has 2 aromatic heterocycles. The molecule has 112 valence electrons. The molecule has 0 atom stereocenters. The van der Waals surface area contributed by atoms with Gasteiger partial charge in [0.15, 0.2) is 0 Å². The first-order valence-corrected chi connectivity index (χ1v) is 6.66. The number of hydrogen-bond donors (Lipinski definition) is 2. The fraction of sp³-hybridized carbons (Fsp3) is 0.0714. The van der Waals surface area contributed by atoms with Gasteiger partial charge in [-0.2, -0.15) is 4.98 Å². The van der Waals surface area contributed by atoms with Crippen LogP contribution in [-0.4, -0.2) is 25.7 Å². The van der Waals surface area contributed by atoms with Crippen molar-refractivity contribution in [2.45, 2.75) is 0 Å². The average molecular weight is 319 g/mol. The number of nitrogens with one attached hydrogen (secondary N) is 1. The fourth-order valence-electron chi connectivity index (χ4n) is 2.05. The monoisotopic (exact) mass is 318 g/mol. The summed E-state index contributed by atoms with van der Waals surface area (Å²) in [6, 6.07) is 6.50. The molecule has 8 heteroatoms. The van der Waals surface area contributed by atoms with E-state index >= 15 is 0 Å². The highest BCUT2D eigenvalue weighted by Gasteiger charge is 2.11. The van der Waals surface area contributed by atoms with Crippen molar-refractivity contribution in [2.24, 2.45) is 7.05 Å². The first kappa shape index (κ1) is 14.2. The van der Waals surface area contributed by atoms with Crippen LogP contribution in [0.2, 0.25) is 5.02 Å². The minimum absolute atomic E-state index is 0.233. The Morgan fingerprint density at radius 2 is 2.18 bits per heavy atom. The molecule has 0 spiro atoms. The standard InChI is InChI=1S/C14H11ClN4O3/c1-19-5-4-11-12(19)13(17-7-16-11)22-8-2-3-10(9(15)6-8)18-14(20)21/h2-7,18H,1H3,(H,20,21). The van der Waals surface area contributed by atoms with Crippen molar-refractivity contribution in [3.05, 3.63) is 41.8 Å². The molecule has 0 bridgehead atoms. The van der Waals surface area contributed by atoms with E-state index in [0.717, 1.165) is 11.0 Å². The van der Waals surface area contributed by atoms with Gasteiger partial charge in [-0.05, 0) is 18.2 Å². The number of ether oxygens (including phenoxy) is 1. The zero-order valence-electron chi connectivity index (χ0n) is 11.4. The molecule has 0 aliphatic heterocycles. The lowest BCUT2D eigenvalue weighted by molar-refractivity contribution is 0.209. The van der Waals surface area contributed by atoms with Gasteiger partial charge in [0.05, 0.1) is 16.2 Å². The Balaban J connectivity index is 1.94. The lowest BCUT2D eigenvalue weighted by Crippen LogP contribution is -2.07. The predicted octanol–water partition coefficient (Wildman–Crippen LogP) is 3.50. The molecule has 3 aromatic rings. The molecule has 2 heterocycles. The van der Waals surface area contributed by atoms with E-state index in [1.165, 1.54) is 18.5 Å². The zero-order chi connectivity index (χ0) is 15.7. The summed E-state index contributed by atoms with van der Waals surface area (Å²) in [4.78, 5) is 18.9. The molecule has 0 saturated carbocycles. The molecule has 2 N–H and O–H groups in total. The zero-order valence-corrected chi connectivity index (χ0v) is 12.2. The van der Waals surface area contributed by atoms with Crippen LogP contribution in [0.5, 0.6) is 11.6 Å². The summed E-state index contributed by atoms with van der Waals surface area (Å²) in [5.74, 6) is 0.842. The SMILES string of the molecule is Cn1ccc2ncnc(Oc3ccc(NC(=O)O)c(Cl)c3)c21. The summed E-state index contributed by atoms with van der Waals surface area (Å²) in [6.45, 7) is 0. The lowest BCUT2D eigenvalue weighted by atomic mass is 10.3. The van der Waals surface area contributed by atoms with E-state index in [2.05, 4.69) is 15.3 Å². The second-order valence-electron chi connectivity index (χ2n) is 4.51. The maximum absolute atomic E-state index is 10.6. The Bertz CT molecular complexity index is 862. The maximum atomic E-state index is 10.6. The molecular weight excluding hydrogens is 308 g/mol. The van der Waals surface area contributed by atoms with Gasteiger partial charge in [-0.25, -0.2) is 9.78 Å². The van der Waals surface area contributed by atoms with Crippen molar-refractivity contribution in [2.75, 3.05) is 5.32 Å². The topological polar surface area (TPSA) is 89.3 Å². The van der Waals surface area contributed by atoms with Crippen LogP contribution in [0.15, 0.2) is 36.8 Å². The van der Waals surface area contributed by atoms with Gasteiger partial charge in [-0.3, -0.25) is 5.32 Å². The van der Waals surface area contributed by atoms with E-state index in [0.29, 0.717) is 11.6 Å². The number of benzene rings is 1. The summed E-state index contributed by atoms with van der Waals surface area (Å²) in [7, 11) is 1.87. The Labute approximate surface area is 130 Å². The molecular formula is C14H11ClN4O3. The van der Waals surface area contributed by atoms with Gasteiger partial charge in [0.1, 0.15) is 17.6 Å². The molecule has 0 radical (unpaired) electrons. The number of hydrogen-bond acceptors (Lipinski definition) is 4. The normalized spacial score (nSPS) is 10.6. The number of aryl methyl sites for hydroxylation is 1.